The maximum Gasteiger partial charge on any atom is 0.407 e. The highest BCUT2D eigenvalue weighted by Gasteiger charge is 2.45. The third-order valence-corrected chi connectivity index (χ3v) is 5.78. The van der Waals surface area contributed by atoms with Crippen LogP contribution in [0.1, 0.15) is 43.6 Å². The molecule has 2 N–H and O–H groups in total. The Hall–Kier alpha value is -1.79. The summed E-state index contributed by atoms with van der Waals surface area (Å²) in [6.45, 7) is 1.28. The van der Waals surface area contributed by atoms with Crippen LogP contribution < -0.4 is 0 Å². The molecule has 26 heavy (non-hydrogen) atoms. The SMILES string of the molecule is O=C(O)N1CCN(C(=O)[C@H](c2cccc(Cl)c2)C2(O)CCCCC2)CC1. The third-order valence-electron chi connectivity index (χ3n) is 5.55. The van der Waals surface area contributed by atoms with Gasteiger partial charge < -0.3 is 20.0 Å². The van der Waals surface area contributed by atoms with Crippen molar-refractivity contribution in [2.75, 3.05) is 26.2 Å². The fourth-order valence-electron chi connectivity index (χ4n) is 4.12. The maximum atomic E-state index is 13.3. The van der Waals surface area contributed by atoms with Gasteiger partial charge >= 0.3 is 6.09 Å². The first-order valence-electron chi connectivity index (χ1n) is 9.15. The van der Waals surface area contributed by atoms with Crippen LogP contribution in [0.2, 0.25) is 5.02 Å². The Morgan fingerprint density at radius 2 is 1.65 bits per heavy atom. The fourth-order valence-corrected chi connectivity index (χ4v) is 4.32. The van der Waals surface area contributed by atoms with Crippen LogP contribution in [-0.4, -0.2) is 63.8 Å². The van der Waals surface area contributed by atoms with Crippen molar-refractivity contribution >= 4 is 23.6 Å². The van der Waals surface area contributed by atoms with Crippen molar-refractivity contribution in [3.8, 4) is 0 Å². The largest absolute Gasteiger partial charge is 0.465 e. The first kappa shape index (κ1) is 19.0. The summed E-state index contributed by atoms with van der Waals surface area (Å²) in [5.41, 5.74) is -0.350. The molecule has 0 spiro atoms. The monoisotopic (exact) mass is 380 g/mol. The Morgan fingerprint density at radius 1 is 1.04 bits per heavy atom. The van der Waals surface area contributed by atoms with Crippen molar-refractivity contribution in [1.82, 2.24) is 9.80 Å². The molecule has 6 nitrogen and oxygen atoms in total. The van der Waals surface area contributed by atoms with Gasteiger partial charge in [0.05, 0.1) is 11.5 Å². The summed E-state index contributed by atoms with van der Waals surface area (Å²) < 4.78 is 0. The highest BCUT2D eigenvalue weighted by atomic mass is 35.5. The average Bonchev–Trinajstić information content (AvgIpc) is 2.62. The summed E-state index contributed by atoms with van der Waals surface area (Å²) in [5.74, 6) is -0.806. The first-order chi connectivity index (χ1) is 12.4. The van der Waals surface area contributed by atoms with Crippen LogP contribution in [-0.2, 0) is 4.79 Å². The molecule has 1 heterocycles. The van der Waals surface area contributed by atoms with E-state index in [0.29, 0.717) is 44.0 Å². The molecule has 0 unspecified atom stereocenters. The van der Waals surface area contributed by atoms with Gasteiger partial charge in [-0.05, 0) is 30.5 Å². The highest BCUT2D eigenvalue weighted by Crippen LogP contribution is 2.41. The molecule has 2 amide bonds. The predicted octanol–water partition coefficient (Wildman–Crippen LogP) is 2.94. The van der Waals surface area contributed by atoms with E-state index in [9.17, 15) is 14.7 Å². The second-order valence-electron chi connectivity index (χ2n) is 7.25. The molecule has 1 saturated heterocycles. The predicted molar refractivity (Wildman–Crippen MR) is 98.4 cm³/mol. The number of hydrogen-bond acceptors (Lipinski definition) is 3. The van der Waals surface area contributed by atoms with Gasteiger partial charge in [0.15, 0.2) is 0 Å². The third kappa shape index (κ3) is 3.96. The van der Waals surface area contributed by atoms with E-state index in [4.69, 9.17) is 16.7 Å². The van der Waals surface area contributed by atoms with Crippen LogP contribution in [0.4, 0.5) is 4.79 Å². The first-order valence-corrected chi connectivity index (χ1v) is 9.53. The van der Waals surface area contributed by atoms with E-state index in [1.54, 1.807) is 23.1 Å². The van der Waals surface area contributed by atoms with E-state index in [0.717, 1.165) is 24.8 Å². The Bertz CT molecular complexity index is 667. The van der Waals surface area contributed by atoms with Gasteiger partial charge in [0.25, 0.3) is 0 Å². The molecule has 1 saturated carbocycles. The minimum Gasteiger partial charge on any atom is -0.465 e. The van der Waals surface area contributed by atoms with E-state index in [1.165, 1.54) is 4.90 Å². The molecule has 3 rings (SSSR count). The van der Waals surface area contributed by atoms with Crippen LogP contribution >= 0.6 is 11.6 Å². The van der Waals surface area contributed by atoms with E-state index in [2.05, 4.69) is 0 Å². The summed E-state index contributed by atoms with van der Waals surface area (Å²) in [6, 6.07) is 7.15. The van der Waals surface area contributed by atoms with Crippen LogP contribution in [0.3, 0.4) is 0 Å². The van der Waals surface area contributed by atoms with Crippen molar-refractivity contribution in [1.29, 1.82) is 0 Å². The van der Waals surface area contributed by atoms with E-state index < -0.39 is 17.6 Å². The van der Waals surface area contributed by atoms with Gasteiger partial charge in [-0.25, -0.2) is 4.79 Å². The number of carbonyl (C=O) groups excluding carboxylic acids is 1. The fraction of sp³-hybridized carbons (Fsp3) is 0.579. The minimum atomic E-state index is -1.08. The number of hydrogen-bond donors (Lipinski definition) is 2. The highest BCUT2D eigenvalue weighted by molar-refractivity contribution is 6.30. The zero-order valence-electron chi connectivity index (χ0n) is 14.7. The van der Waals surface area contributed by atoms with Crippen LogP contribution in [0, 0.1) is 0 Å². The summed E-state index contributed by atoms with van der Waals surface area (Å²) >= 11 is 6.14. The molecule has 1 aromatic rings. The number of amides is 2. The van der Waals surface area contributed by atoms with Crippen molar-refractivity contribution in [2.24, 2.45) is 0 Å². The van der Waals surface area contributed by atoms with E-state index in [-0.39, 0.29) is 5.91 Å². The van der Waals surface area contributed by atoms with Crippen molar-refractivity contribution in [3.05, 3.63) is 34.9 Å². The molecule has 1 aromatic carbocycles. The number of piperazine rings is 1. The van der Waals surface area contributed by atoms with E-state index >= 15 is 0 Å². The second kappa shape index (κ2) is 7.84. The number of nitrogens with zero attached hydrogens (tertiary/aromatic N) is 2. The van der Waals surface area contributed by atoms with Crippen LogP contribution in [0.25, 0.3) is 0 Å². The Labute approximate surface area is 158 Å². The lowest BCUT2D eigenvalue weighted by molar-refractivity contribution is -0.143. The number of rotatable bonds is 3. The number of aliphatic hydroxyl groups is 1. The molecule has 0 bridgehead atoms. The lowest BCUT2D eigenvalue weighted by atomic mass is 9.72. The molecule has 1 aliphatic carbocycles. The number of benzene rings is 1. The second-order valence-corrected chi connectivity index (χ2v) is 7.68. The minimum absolute atomic E-state index is 0.137. The number of carbonyl (C=O) groups is 2. The summed E-state index contributed by atoms with van der Waals surface area (Å²) in [7, 11) is 0. The van der Waals surface area contributed by atoms with Crippen LogP contribution in [0.5, 0.6) is 0 Å². The molecule has 0 aromatic heterocycles. The quantitative estimate of drug-likeness (QED) is 0.844. The summed E-state index contributed by atoms with van der Waals surface area (Å²) in [5, 5.41) is 21.0. The van der Waals surface area contributed by atoms with Crippen molar-refractivity contribution < 1.29 is 19.8 Å². The molecule has 142 valence electrons. The molecule has 1 atom stereocenters. The molecule has 2 fully saturated rings. The Morgan fingerprint density at radius 3 is 2.23 bits per heavy atom. The van der Waals surface area contributed by atoms with Gasteiger partial charge in [0.1, 0.15) is 0 Å². The van der Waals surface area contributed by atoms with Gasteiger partial charge in [-0.2, -0.15) is 0 Å². The van der Waals surface area contributed by atoms with Gasteiger partial charge in [-0.3, -0.25) is 4.79 Å². The Balaban J connectivity index is 1.86. The molecular weight excluding hydrogens is 356 g/mol. The topological polar surface area (TPSA) is 81.1 Å². The molecule has 7 heteroatoms. The average molecular weight is 381 g/mol. The smallest absolute Gasteiger partial charge is 0.407 e. The Kier molecular flexibility index (Phi) is 5.73. The van der Waals surface area contributed by atoms with Crippen molar-refractivity contribution in [2.45, 2.75) is 43.6 Å². The maximum absolute atomic E-state index is 13.3. The lowest BCUT2D eigenvalue weighted by Gasteiger charge is -2.42. The summed E-state index contributed by atoms with van der Waals surface area (Å²) in [4.78, 5) is 27.4. The molecule has 1 aliphatic heterocycles. The van der Waals surface area contributed by atoms with Gasteiger partial charge in [-0.1, -0.05) is 43.0 Å². The zero-order chi connectivity index (χ0) is 18.7. The van der Waals surface area contributed by atoms with E-state index in [1.807, 2.05) is 6.07 Å². The lowest BCUT2D eigenvalue weighted by Crippen LogP contribution is -2.54. The number of halogens is 1. The van der Waals surface area contributed by atoms with Gasteiger partial charge in [0, 0.05) is 31.2 Å². The standard InChI is InChI=1S/C19H25ClN2O4/c20-15-6-4-5-14(13-15)16(19(26)7-2-1-3-8-19)17(23)21-9-11-22(12-10-21)18(24)25/h4-6,13,16,26H,1-3,7-12H2,(H,24,25)/t16-/m0/s1. The van der Waals surface area contributed by atoms with Gasteiger partial charge in [0.2, 0.25) is 5.91 Å². The molecule has 2 aliphatic rings. The van der Waals surface area contributed by atoms with Crippen LogP contribution in [0.15, 0.2) is 24.3 Å². The van der Waals surface area contributed by atoms with Crippen molar-refractivity contribution in [3.63, 3.8) is 0 Å². The summed E-state index contributed by atoms with van der Waals surface area (Å²) in [6.07, 6.45) is 3.07. The molecular formula is C19H25ClN2O4. The normalized spacial score (nSPS) is 21.3. The van der Waals surface area contributed by atoms with Gasteiger partial charge in [-0.15, -0.1) is 0 Å². The number of carboxylic acid groups (broad SMARTS) is 1. The zero-order valence-corrected chi connectivity index (χ0v) is 15.5. The molecule has 0 radical (unpaired) electrons.